The maximum atomic E-state index is 5.95. The van der Waals surface area contributed by atoms with E-state index in [4.69, 9.17) is 16.3 Å². The van der Waals surface area contributed by atoms with Gasteiger partial charge in [0.2, 0.25) is 0 Å². The summed E-state index contributed by atoms with van der Waals surface area (Å²) in [6.45, 7) is 0.538. The molecule has 0 saturated heterocycles. The summed E-state index contributed by atoms with van der Waals surface area (Å²) in [6, 6.07) is 15.6. The van der Waals surface area contributed by atoms with Gasteiger partial charge in [0.05, 0.1) is 5.69 Å². The zero-order valence-electron chi connectivity index (χ0n) is 9.61. The third-order valence-corrected chi connectivity index (χ3v) is 2.69. The largest absolute Gasteiger partial charge is 0.487 e. The molecular weight excluding hydrogens is 234 g/mol. The predicted molar refractivity (Wildman–Crippen MR) is 71.8 cm³/mol. The van der Waals surface area contributed by atoms with Gasteiger partial charge in [-0.3, -0.25) is 0 Å². The Labute approximate surface area is 106 Å². The van der Waals surface area contributed by atoms with E-state index < -0.39 is 0 Å². The van der Waals surface area contributed by atoms with Crippen LogP contribution >= 0.6 is 11.6 Å². The normalized spacial score (nSPS) is 10.0. The summed E-state index contributed by atoms with van der Waals surface area (Å²) in [5.74, 6) is 0.767. The van der Waals surface area contributed by atoms with Crippen LogP contribution in [0.15, 0.2) is 48.5 Å². The summed E-state index contributed by atoms with van der Waals surface area (Å²) in [5.41, 5.74) is 2.07. The van der Waals surface area contributed by atoms with Gasteiger partial charge >= 0.3 is 0 Å². The lowest BCUT2D eigenvalue weighted by Crippen LogP contribution is -1.98. The Balaban J connectivity index is 2.11. The second kappa shape index (κ2) is 5.60. The summed E-state index contributed by atoms with van der Waals surface area (Å²) in [7, 11) is 1.86. The Morgan fingerprint density at radius 1 is 1.12 bits per heavy atom. The molecule has 0 fully saturated rings. The van der Waals surface area contributed by atoms with Crippen LogP contribution in [0.2, 0.25) is 5.02 Å². The van der Waals surface area contributed by atoms with Crippen molar-refractivity contribution in [3.8, 4) is 5.75 Å². The molecule has 0 spiro atoms. The lowest BCUT2D eigenvalue weighted by Gasteiger charge is -2.11. The number of halogens is 1. The topological polar surface area (TPSA) is 21.3 Å². The van der Waals surface area contributed by atoms with Gasteiger partial charge in [-0.1, -0.05) is 41.9 Å². The van der Waals surface area contributed by atoms with E-state index in [1.807, 2.05) is 55.6 Å². The number of ether oxygens (including phenoxy) is 1. The zero-order valence-corrected chi connectivity index (χ0v) is 10.4. The first-order valence-corrected chi connectivity index (χ1v) is 5.81. The standard InChI is InChI=1S/C14H14ClNO/c1-16-13-8-7-12(15)9-14(13)17-10-11-5-3-2-4-6-11/h2-9,16H,10H2,1H3. The number of benzene rings is 2. The molecule has 0 aliphatic rings. The molecule has 3 heteroatoms. The van der Waals surface area contributed by atoms with E-state index >= 15 is 0 Å². The fourth-order valence-electron chi connectivity index (χ4n) is 1.56. The maximum absolute atomic E-state index is 5.95. The molecule has 0 radical (unpaired) electrons. The summed E-state index contributed by atoms with van der Waals surface area (Å²) in [5, 5.41) is 3.75. The van der Waals surface area contributed by atoms with Crippen molar-refractivity contribution < 1.29 is 4.74 Å². The number of nitrogens with one attached hydrogen (secondary N) is 1. The highest BCUT2D eigenvalue weighted by Crippen LogP contribution is 2.28. The molecule has 0 saturated carbocycles. The van der Waals surface area contributed by atoms with Crippen LogP contribution in [0.3, 0.4) is 0 Å². The highest BCUT2D eigenvalue weighted by Gasteiger charge is 2.03. The Hall–Kier alpha value is -1.67. The van der Waals surface area contributed by atoms with Crippen molar-refractivity contribution >= 4 is 17.3 Å². The third-order valence-electron chi connectivity index (χ3n) is 2.45. The smallest absolute Gasteiger partial charge is 0.144 e. The molecular formula is C14H14ClNO. The van der Waals surface area contributed by atoms with E-state index in [-0.39, 0.29) is 0 Å². The van der Waals surface area contributed by atoms with E-state index in [9.17, 15) is 0 Å². The van der Waals surface area contributed by atoms with Gasteiger partial charge in [0.25, 0.3) is 0 Å². The van der Waals surface area contributed by atoms with Crippen LogP contribution in [0.4, 0.5) is 5.69 Å². The summed E-state index contributed by atoms with van der Waals surface area (Å²) >= 11 is 5.95. The molecule has 0 aliphatic carbocycles. The predicted octanol–water partition coefficient (Wildman–Crippen LogP) is 3.96. The lowest BCUT2D eigenvalue weighted by molar-refractivity contribution is 0.308. The van der Waals surface area contributed by atoms with Gasteiger partial charge in [-0.2, -0.15) is 0 Å². The fourth-order valence-corrected chi connectivity index (χ4v) is 1.72. The minimum Gasteiger partial charge on any atom is -0.487 e. The molecule has 2 aromatic carbocycles. The summed E-state index contributed by atoms with van der Waals surface area (Å²) in [6.07, 6.45) is 0. The molecule has 0 unspecified atom stereocenters. The van der Waals surface area contributed by atoms with E-state index in [0.717, 1.165) is 17.0 Å². The first-order chi connectivity index (χ1) is 8.29. The minimum absolute atomic E-state index is 0.538. The average Bonchev–Trinajstić information content (AvgIpc) is 2.38. The van der Waals surface area contributed by atoms with Crippen molar-refractivity contribution in [1.82, 2.24) is 0 Å². The molecule has 0 bridgehead atoms. The molecule has 1 N–H and O–H groups in total. The van der Waals surface area contributed by atoms with Crippen molar-refractivity contribution in [3.63, 3.8) is 0 Å². The number of anilines is 1. The van der Waals surface area contributed by atoms with Gasteiger partial charge in [0, 0.05) is 18.1 Å². The molecule has 0 aliphatic heterocycles. The van der Waals surface area contributed by atoms with Crippen LogP contribution in [0, 0.1) is 0 Å². The van der Waals surface area contributed by atoms with Crippen molar-refractivity contribution in [2.75, 3.05) is 12.4 Å². The van der Waals surface area contributed by atoms with Crippen molar-refractivity contribution in [2.24, 2.45) is 0 Å². The quantitative estimate of drug-likeness (QED) is 0.883. The molecule has 88 valence electrons. The van der Waals surface area contributed by atoms with Gasteiger partial charge in [-0.15, -0.1) is 0 Å². The molecule has 0 amide bonds. The fraction of sp³-hybridized carbons (Fsp3) is 0.143. The lowest BCUT2D eigenvalue weighted by atomic mass is 10.2. The summed E-state index contributed by atoms with van der Waals surface area (Å²) in [4.78, 5) is 0. The van der Waals surface area contributed by atoms with Crippen LogP contribution in [-0.2, 0) is 6.61 Å². The third kappa shape index (κ3) is 3.14. The first-order valence-electron chi connectivity index (χ1n) is 5.43. The van der Waals surface area contributed by atoms with E-state index in [2.05, 4.69) is 5.32 Å². The van der Waals surface area contributed by atoms with Gasteiger partial charge in [-0.05, 0) is 17.7 Å². The van der Waals surface area contributed by atoms with Crippen molar-refractivity contribution in [3.05, 3.63) is 59.1 Å². The van der Waals surface area contributed by atoms with Gasteiger partial charge in [0.15, 0.2) is 0 Å². The molecule has 2 rings (SSSR count). The maximum Gasteiger partial charge on any atom is 0.144 e. The van der Waals surface area contributed by atoms with Crippen molar-refractivity contribution in [2.45, 2.75) is 6.61 Å². The Morgan fingerprint density at radius 2 is 1.88 bits per heavy atom. The van der Waals surface area contributed by atoms with Gasteiger partial charge < -0.3 is 10.1 Å². The van der Waals surface area contributed by atoms with Gasteiger partial charge in [-0.25, -0.2) is 0 Å². The van der Waals surface area contributed by atoms with E-state index in [1.165, 1.54) is 0 Å². The Kier molecular flexibility index (Phi) is 3.89. The highest BCUT2D eigenvalue weighted by molar-refractivity contribution is 6.30. The van der Waals surface area contributed by atoms with Crippen LogP contribution < -0.4 is 10.1 Å². The summed E-state index contributed by atoms with van der Waals surface area (Å²) < 4.78 is 5.75. The molecule has 0 aromatic heterocycles. The molecule has 0 atom stereocenters. The number of hydrogen-bond donors (Lipinski definition) is 1. The van der Waals surface area contributed by atoms with Crippen LogP contribution in [0.25, 0.3) is 0 Å². The van der Waals surface area contributed by atoms with Crippen molar-refractivity contribution in [1.29, 1.82) is 0 Å². The average molecular weight is 248 g/mol. The molecule has 2 nitrogen and oxygen atoms in total. The SMILES string of the molecule is CNc1ccc(Cl)cc1OCc1ccccc1. The van der Waals surface area contributed by atoms with Crippen LogP contribution in [0.5, 0.6) is 5.75 Å². The zero-order chi connectivity index (χ0) is 12.1. The molecule has 2 aromatic rings. The van der Waals surface area contributed by atoms with Crippen LogP contribution in [0.1, 0.15) is 5.56 Å². The molecule has 17 heavy (non-hydrogen) atoms. The molecule has 0 heterocycles. The number of rotatable bonds is 4. The monoisotopic (exact) mass is 247 g/mol. The van der Waals surface area contributed by atoms with E-state index in [0.29, 0.717) is 11.6 Å². The number of hydrogen-bond acceptors (Lipinski definition) is 2. The van der Waals surface area contributed by atoms with Crippen LogP contribution in [-0.4, -0.2) is 7.05 Å². The second-order valence-corrected chi connectivity index (χ2v) is 4.10. The second-order valence-electron chi connectivity index (χ2n) is 3.66. The van der Waals surface area contributed by atoms with E-state index in [1.54, 1.807) is 0 Å². The highest BCUT2D eigenvalue weighted by atomic mass is 35.5. The Morgan fingerprint density at radius 3 is 2.59 bits per heavy atom. The Bertz CT molecular complexity index is 485. The van der Waals surface area contributed by atoms with Gasteiger partial charge in [0.1, 0.15) is 12.4 Å². The minimum atomic E-state index is 0.538. The first kappa shape index (κ1) is 11.8.